The molecule has 2 heteroatoms. The Kier molecular flexibility index (Phi) is 3.84. The number of aliphatic hydroxyl groups is 1. The summed E-state index contributed by atoms with van der Waals surface area (Å²) >= 11 is 1.71. The zero-order chi connectivity index (χ0) is 14.2. The molecule has 2 aromatic rings. The average Bonchev–Trinajstić information content (AvgIpc) is 2.77. The predicted octanol–water partition coefficient (Wildman–Crippen LogP) is 4.74. The molecule has 1 heterocycles. The number of aliphatic hydroxyl groups excluding tert-OH is 1. The van der Waals surface area contributed by atoms with Gasteiger partial charge in [0, 0.05) is 9.75 Å². The Bertz CT molecular complexity index is 555. The lowest BCUT2D eigenvalue weighted by Gasteiger charge is -2.17. The van der Waals surface area contributed by atoms with Crippen molar-refractivity contribution in [2.75, 3.05) is 0 Å². The van der Waals surface area contributed by atoms with Gasteiger partial charge in [0.2, 0.25) is 0 Å². The molecule has 1 unspecified atom stereocenters. The van der Waals surface area contributed by atoms with Crippen molar-refractivity contribution < 1.29 is 5.11 Å². The van der Waals surface area contributed by atoms with E-state index < -0.39 is 6.10 Å². The van der Waals surface area contributed by atoms with Crippen LogP contribution in [0.5, 0.6) is 0 Å². The minimum Gasteiger partial charge on any atom is -0.383 e. The van der Waals surface area contributed by atoms with Gasteiger partial charge in [-0.15, -0.1) is 11.3 Å². The molecule has 0 saturated carbocycles. The van der Waals surface area contributed by atoms with Gasteiger partial charge in [-0.25, -0.2) is 0 Å². The van der Waals surface area contributed by atoms with Crippen molar-refractivity contribution in [3.05, 3.63) is 56.8 Å². The Morgan fingerprint density at radius 2 is 1.58 bits per heavy atom. The van der Waals surface area contributed by atoms with Crippen LogP contribution >= 0.6 is 11.3 Å². The number of benzene rings is 1. The second-order valence-electron chi connectivity index (χ2n) is 6.16. The first-order valence-electron chi connectivity index (χ1n) is 6.65. The summed E-state index contributed by atoms with van der Waals surface area (Å²) in [5.74, 6) is 0. The molecule has 1 nitrogen and oxygen atoms in total. The van der Waals surface area contributed by atoms with Crippen LogP contribution in [0.25, 0.3) is 0 Å². The van der Waals surface area contributed by atoms with Gasteiger partial charge in [0.1, 0.15) is 6.10 Å². The van der Waals surface area contributed by atoms with Gasteiger partial charge in [-0.3, -0.25) is 0 Å². The number of hydrogen-bond donors (Lipinski definition) is 1. The topological polar surface area (TPSA) is 20.2 Å². The molecular formula is C17H22OS. The summed E-state index contributed by atoms with van der Waals surface area (Å²) in [6.07, 6.45) is -0.512. The largest absolute Gasteiger partial charge is 0.383 e. The molecule has 1 aromatic heterocycles. The van der Waals surface area contributed by atoms with Crippen LogP contribution in [-0.4, -0.2) is 5.11 Å². The summed E-state index contributed by atoms with van der Waals surface area (Å²) < 4.78 is 0. The van der Waals surface area contributed by atoms with Crippen LogP contribution in [-0.2, 0) is 5.41 Å². The van der Waals surface area contributed by atoms with Crippen LogP contribution in [0, 0.1) is 13.8 Å². The zero-order valence-electron chi connectivity index (χ0n) is 12.3. The third-order valence-corrected chi connectivity index (χ3v) is 5.01. The van der Waals surface area contributed by atoms with Crippen molar-refractivity contribution in [3.63, 3.8) is 0 Å². The quantitative estimate of drug-likeness (QED) is 0.838. The Morgan fingerprint density at radius 3 is 2.05 bits per heavy atom. The van der Waals surface area contributed by atoms with Gasteiger partial charge in [0.05, 0.1) is 0 Å². The van der Waals surface area contributed by atoms with Gasteiger partial charge in [0.15, 0.2) is 0 Å². The molecule has 0 aliphatic rings. The van der Waals surface area contributed by atoms with Gasteiger partial charge in [-0.2, -0.15) is 0 Å². The van der Waals surface area contributed by atoms with Crippen molar-refractivity contribution in [2.24, 2.45) is 0 Å². The molecule has 2 rings (SSSR count). The first-order chi connectivity index (χ1) is 8.80. The molecule has 1 N–H and O–H groups in total. The zero-order valence-corrected chi connectivity index (χ0v) is 13.1. The van der Waals surface area contributed by atoms with Crippen LogP contribution in [0.3, 0.4) is 0 Å². The second kappa shape index (κ2) is 5.10. The highest BCUT2D eigenvalue weighted by Crippen LogP contribution is 2.36. The Balaban J connectivity index is 2.40. The molecule has 0 bridgehead atoms. The fourth-order valence-corrected chi connectivity index (χ4v) is 3.37. The summed E-state index contributed by atoms with van der Waals surface area (Å²) in [6.45, 7) is 10.7. The van der Waals surface area contributed by atoms with Crippen LogP contribution < -0.4 is 0 Å². The molecule has 0 saturated heterocycles. The normalized spacial score (nSPS) is 13.6. The summed E-state index contributed by atoms with van der Waals surface area (Å²) in [6, 6.07) is 10.3. The maximum absolute atomic E-state index is 10.6. The van der Waals surface area contributed by atoms with E-state index in [0.29, 0.717) is 0 Å². The summed E-state index contributed by atoms with van der Waals surface area (Å²) in [5, 5.41) is 10.6. The van der Waals surface area contributed by atoms with Gasteiger partial charge < -0.3 is 5.11 Å². The molecule has 19 heavy (non-hydrogen) atoms. The molecule has 0 spiro atoms. The summed E-state index contributed by atoms with van der Waals surface area (Å²) in [4.78, 5) is 2.34. The highest BCUT2D eigenvalue weighted by atomic mass is 32.1. The lowest BCUT2D eigenvalue weighted by Crippen LogP contribution is -2.08. The summed E-state index contributed by atoms with van der Waals surface area (Å²) in [7, 11) is 0. The van der Waals surface area contributed by atoms with E-state index >= 15 is 0 Å². The first-order valence-corrected chi connectivity index (χ1v) is 7.46. The van der Waals surface area contributed by atoms with Crippen LogP contribution in [0.4, 0.5) is 0 Å². The van der Waals surface area contributed by atoms with Crippen LogP contribution in [0.2, 0.25) is 0 Å². The van der Waals surface area contributed by atoms with Crippen molar-refractivity contribution in [3.8, 4) is 0 Å². The van der Waals surface area contributed by atoms with Crippen molar-refractivity contribution in [2.45, 2.75) is 46.1 Å². The van der Waals surface area contributed by atoms with E-state index in [4.69, 9.17) is 0 Å². The van der Waals surface area contributed by atoms with Gasteiger partial charge in [0.25, 0.3) is 0 Å². The maximum Gasteiger partial charge on any atom is 0.114 e. The molecule has 0 radical (unpaired) electrons. The van der Waals surface area contributed by atoms with Crippen molar-refractivity contribution in [1.82, 2.24) is 0 Å². The molecule has 0 amide bonds. The number of hydrogen-bond acceptors (Lipinski definition) is 2. The fraction of sp³-hybridized carbons (Fsp3) is 0.412. The predicted molar refractivity (Wildman–Crippen MR) is 83.0 cm³/mol. The highest BCUT2D eigenvalue weighted by Gasteiger charge is 2.21. The summed E-state index contributed by atoms with van der Waals surface area (Å²) in [5.41, 5.74) is 3.49. The third kappa shape index (κ3) is 2.90. The molecule has 1 aromatic carbocycles. The lowest BCUT2D eigenvalue weighted by molar-refractivity contribution is 0.222. The van der Waals surface area contributed by atoms with E-state index in [1.54, 1.807) is 11.3 Å². The number of thiophene rings is 1. The smallest absolute Gasteiger partial charge is 0.114 e. The first kappa shape index (κ1) is 14.3. The molecule has 102 valence electrons. The maximum atomic E-state index is 10.6. The molecule has 0 aliphatic heterocycles. The minimum atomic E-state index is -0.512. The lowest BCUT2D eigenvalue weighted by atomic mass is 9.94. The van der Waals surface area contributed by atoms with Gasteiger partial charge in [-0.1, -0.05) is 39.0 Å². The standard InChI is InChI=1S/C17H22OS/c1-11-7-6-8-12(2)15(11)16(18)13-9-10-14(19-13)17(3,4)5/h6-10,16,18H,1-5H3. The third-order valence-electron chi connectivity index (χ3n) is 3.45. The monoisotopic (exact) mass is 274 g/mol. The Hall–Kier alpha value is -1.12. The van der Waals surface area contributed by atoms with Gasteiger partial charge in [-0.05, 0) is 48.1 Å². The highest BCUT2D eigenvalue weighted by molar-refractivity contribution is 7.12. The molecule has 0 aliphatic carbocycles. The average molecular weight is 274 g/mol. The van der Waals surface area contributed by atoms with Crippen molar-refractivity contribution in [1.29, 1.82) is 0 Å². The van der Waals surface area contributed by atoms with E-state index in [1.165, 1.54) is 4.88 Å². The van der Waals surface area contributed by atoms with E-state index in [9.17, 15) is 5.11 Å². The molecule has 1 atom stereocenters. The SMILES string of the molecule is Cc1cccc(C)c1C(O)c1ccc(C(C)(C)C)s1. The van der Waals surface area contributed by atoms with E-state index in [0.717, 1.165) is 21.6 Å². The molecular weight excluding hydrogens is 252 g/mol. The second-order valence-corrected chi connectivity index (χ2v) is 7.28. The Morgan fingerprint density at radius 1 is 1.00 bits per heavy atom. The minimum absolute atomic E-state index is 0.142. The fourth-order valence-electron chi connectivity index (χ4n) is 2.30. The molecule has 0 fully saturated rings. The Labute approximate surface area is 119 Å². The van der Waals surface area contributed by atoms with E-state index in [1.807, 2.05) is 6.07 Å². The van der Waals surface area contributed by atoms with E-state index in [-0.39, 0.29) is 5.41 Å². The number of rotatable bonds is 2. The number of aryl methyl sites for hydroxylation is 2. The van der Waals surface area contributed by atoms with E-state index in [2.05, 4.69) is 58.9 Å². The van der Waals surface area contributed by atoms with Crippen LogP contribution in [0.15, 0.2) is 30.3 Å². The van der Waals surface area contributed by atoms with Crippen molar-refractivity contribution >= 4 is 11.3 Å². The van der Waals surface area contributed by atoms with Gasteiger partial charge >= 0.3 is 0 Å². The van der Waals surface area contributed by atoms with Crippen LogP contribution in [0.1, 0.15) is 53.3 Å².